The van der Waals surface area contributed by atoms with Crippen molar-refractivity contribution in [2.24, 2.45) is 5.92 Å². The average molecular weight is 373 g/mol. The molecule has 1 aromatic carbocycles. The van der Waals surface area contributed by atoms with Gasteiger partial charge in [-0.05, 0) is 41.9 Å². The topological polar surface area (TPSA) is 57.3 Å². The van der Waals surface area contributed by atoms with E-state index in [0.717, 1.165) is 36.8 Å². The van der Waals surface area contributed by atoms with Crippen LogP contribution in [-0.2, 0) is 5.41 Å². The van der Waals surface area contributed by atoms with E-state index in [1.54, 1.807) is 11.3 Å². The zero-order valence-electron chi connectivity index (χ0n) is 15.8. The minimum Gasteiger partial charge on any atom is -0.348 e. The van der Waals surface area contributed by atoms with Crippen molar-refractivity contribution >= 4 is 28.2 Å². The third-order valence-electron chi connectivity index (χ3n) is 4.77. The first-order valence-electron chi connectivity index (χ1n) is 9.21. The normalized spacial score (nSPS) is 17.8. The van der Waals surface area contributed by atoms with E-state index >= 15 is 0 Å². The lowest BCUT2D eigenvalue weighted by Gasteiger charge is -2.32. The van der Waals surface area contributed by atoms with Crippen LogP contribution in [-0.4, -0.2) is 30.6 Å². The number of hydrogen-bond donors (Lipinski definition) is 2. The molecule has 2 aromatic rings. The van der Waals surface area contributed by atoms with Crippen LogP contribution in [0.5, 0.6) is 0 Å². The molecule has 140 valence electrons. The number of rotatable bonds is 4. The number of piperidine rings is 1. The molecule has 1 saturated heterocycles. The SMILES string of the molecule is CC(C)(C)c1ccc(NC(=O)NCC2CCCN(c3nccs3)C2)cc1. The molecule has 1 aliphatic heterocycles. The quantitative estimate of drug-likeness (QED) is 0.832. The number of nitrogens with zero attached hydrogens (tertiary/aromatic N) is 2. The molecule has 1 aromatic heterocycles. The van der Waals surface area contributed by atoms with Gasteiger partial charge in [0.2, 0.25) is 0 Å². The Kier molecular flexibility index (Phi) is 5.81. The molecule has 5 nitrogen and oxygen atoms in total. The Balaban J connectivity index is 1.46. The first-order chi connectivity index (χ1) is 12.4. The van der Waals surface area contributed by atoms with Gasteiger partial charge in [0, 0.05) is 36.9 Å². The van der Waals surface area contributed by atoms with E-state index in [1.165, 1.54) is 5.56 Å². The van der Waals surface area contributed by atoms with Crippen molar-refractivity contribution in [3.63, 3.8) is 0 Å². The van der Waals surface area contributed by atoms with Gasteiger partial charge in [-0.1, -0.05) is 32.9 Å². The molecule has 26 heavy (non-hydrogen) atoms. The van der Waals surface area contributed by atoms with Crippen molar-refractivity contribution in [2.75, 3.05) is 29.9 Å². The Morgan fingerprint density at radius 2 is 2.08 bits per heavy atom. The molecule has 2 heterocycles. The van der Waals surface area contributed by atoms with Crippen LogP contribution in [0.15, 0.2) is 35.8 Å². The van der Waals surface area contributed by atoms with E-state index in [2.05, 4.69) is 53.4 Å². The Morgan fingerprint density at radius 1 is 1.31 bits per heavy atom. The molecule has 1 atom stereocenters. The molecular formula is C20H28N4OS. The number of hydrogen-bond acceptors (Lipinski definition) is 4. The lowest BCUT2D eigenvalue weighted by molar-refractivity contribution is 0.249. The number of aromatic nitrogens is 1. The van der Waals surface area contributed by atoms with E-state index in [0.29, 0.717) is 12.5 Å². The Labute approximate surface area is 159 Å². The van der Waals surface area contributed by atoms with Gasteiger partial charge in [-0.25, -0.2) is 9.78 Å². The van der Waals surface area contributed by atoms with Crippen molar-refractivity contribution in [3.05, 3.63) is 41.4 Å². The van der Waals surface area contributed by atoms with Crippen LogP contribution in [0.3, 0.4) is 0 Å². The van der Waals surface area contributed by atoms with Gasteiger partial charge in [0.05, 0.1) is 0 Å². The summed E-state index contributed by atoms with van der Waals surface area (Å²) in [6, 6.07) is 7.93. The fraction of sp³-hybridized carbons (Fsp3) is 0.500. The highest BCUT2D eigenvalue weighted by atomic mass is 32.1. The molecular weight excluding hydrogens is 344 g/mol. The van der Waals surface area contributed by atoms with E-state index in [9.17, 15) is 4.79 Å². The van der Waals surface area contributed by atoms with Gasteiger partial charge in [-0.3, -0.25) is 0 Å². The Morgan fingerprint density at radius 3 is 2.73 bits per heavy atom. The maximum atomic E-state index is 12.2. The van der Waals surface area contributed by atoms with Crippen molar-refractivity contribution in [3.8, 4) is 0 Å². The number of thiazole rings is 1. The molecule has 6 heteroatoms. The highest BCUT2D eigenvalue weighted by Crippen LogP contribution is 2.25. The smallest absolute Gasteiger partial charge is 0.319 e. The maximum absolute atomic E-state index is 12.2. The number of benzene rings is 1. The summed E-state index contributed by atoms with van der Waals surface area (Å²) in [7, 11) is 0. The average Bonchev–Trinajstić information content (AvgIpc) is 3.15. The molecule has 0 spiro atoms. The molecule has 0 bridgehead atoms. The molecule has 1 aliphatic rings. The summed E-state index contributed by atoms with van der Waals surface area (Å²) in [6.45, 7) is 9.24. The highest BCUT2D eigenvalue weighted by molar-refractivity contribution is 7.13. The highest BCUT2D eigenvalue weighted by Gasteiger charge is 2.22. The third kappa shape index (κ3) is 4.97. The van der Waals surface area contributed by atoms with Gasteiger partial charge in [0.15, 0.2) is 5.13 Å². The van der Waals surface area contributed by atoms with Gasteiger partial charge in [0.25, 0.3) is 0 Å². The van der Waals surface area contributed by atoms with Crippen LogP contribution in [0.1, 0.15) is 39.2 Å². The molecule has 0 saturated carbocycles. The largest absolute Gasteiger partial charge is 0.348 e. The number of anilines is 2. The van der Waals surface area contributed by atoms with Gasteiger partial charge in [-0.2, -0.15) is 0 Å². The third-order valence-corrected chi connectivity index (χ3v) is 5.60. The Hall–Kier alpha value is -2.08. The number of carbonyl (C=O) groups is 1. The number of urea groups is 1. The molecule has 3 rings (SSSR count). The van der Waals surface area contributed by atoms with E-state index in [4.69, 9.17) is 0 Å². The zero-order chi connectivity index (χ0) is 18.6. The summed E-state index contributed by atoms with van der Waals surface area (Å²) in [5.74, 6) is 0.460. The van der Waals surface area contributed by atoms with Gasteiger partial charge in [-0.15, -0.1) is 11.3 Å². The second kappa shape index (κ2) is 8.08. The summed E-state index contributed by atoms with van der Waals surface area (Å²) < 4.78 is 0. The summed E-state index contributed by atoms with van der Waals surface area (Å²) in [5, 5.41) is 9.03. The predicted molar refractivity (Wildman–Crippen MR) is 109 cm³/mol. The van der Waals surface area contributed by atoms with Gasteiger partial charge < -0.3 is 15.5 Å². The molecule has 0 aliphatic carbocycles. The molecule has 1 fully saturated rings. The van der Waals surface area contributed by atoms with Crippen LogP contribution in [0.25, 0.3) is 0 Å². The summed E-state index contributed by atoms with van der Waals surface area (Å²) >= 11 is 1.68. The minimum atomic E-state index is -0.139. The minimum absolute atomic E-state index is 0.116. The second-order valence-electron chi connectivity index (χ2n) is 7.93. The monoisotopic (exact) mass is 372 g/mol. The number of amides is 2. The van der Waals surface area contributed by atoms with E-state index < -0.39 is 0 Å². The lowest BCUT2D eigenvalue weighted by Crippen LogP contribution is -2.42. The molecule has 0 radical (unpaired) electrons. The fourth-order valence-electron chi connectivity index (χ4n) is 3.24. The molecule has 2 N–H and O–H groups in total. The van der Waals surface area contributed by atoms with Crippen molar-refractivity contribution in [1.29, 1.82) is 0 Å². The summed E-state index contributed by atoms with van der Waals surface area (Å²) in [6.07, 6.45) is 4.13. The lowest BCUT2D eigenvalue weighted by atomic mass is 9.87. The van der Waals surface area contributed by atoms with Crippen molar-refractivity contribution in [2.45, 2.75) is 39.0 Å². The predicted octanol–water partition coefficient (Wildman–Crippen LogP) is 4.48. The molecule has 1 unspecified atom stereocenters. The van der Waals surface area contributed by atoms with Crippen LogP contribution < -0.4 is 15.5 Å². The first-order valence-corrected chi connectivity index (χ1v) is 10.1. The van der Waals surface area contributed by atoms with Gasteiger partial charge >= 0.3 is 6.03 Å². The zero-order valence-corrected chi connectivity index (χ0v) is 16.6. The maximum Gasteiger partial charge on any atom is 0.319 e. The van der Waals surface area contributed by atoms with E-state index in [-0.39, 0.29) is 11.4 Å². The van der Waals surface area contributed by atoms with Crippen molar-refractivity contribution < 1.29 is 4.79 Å². The number of carbonyl (C=O) groups excluding carboxylic acids is 1. The van der Waals surface area contributed by atoms with Crippen LogP contribution in [0.2, 0.25) is 0 Å². The first kappa shape index (κ1) is 18.7. The summed E-state index contributed by atoms with van der Waals surface area (Å²) in [5.41, 5.74) is 2.20. The second-order valence-corrected chi connectivity index (χ2v) is 8.80. The van der Waals surface area contributed by atoms with Crippen LogP contribution >= 0.6 is 11.3 Å². The van der Waals surface area contributed by atoms with Crippen molar-refractivity contribution in [1.82, 2.24) is 10.3 Å². The fourth-order valence-corrected chi connectivity index (χ4v) is 3.92. The summed E-state index contributed by atoms with van der Waals surface area (Å²) in [4.78, 5) is 18.9. The van der Waals surface area contributed by atoms with Crippen LogP contribution in [0, 0.1) is 5.92 Å². The van der Waals surface area contributed by atoms with E-state index in [1.807, 2.05) is 23.7 Å². The Bertz CT molecular complexity index is 706. The number of nitrogens with one attached hydrogen (secondary N) is 2. The van der Waals surface area contributed by atoms with Crippen LogP contribution in [0.4, 0.5) is 15.6 Å². The molecule has 2 amide bonds. The standard InChI is InChI=1S/C20H28N4OS/c1-20(2,3)16-6-8-17(9-7-16)23-18(25)22-13-15-5-4-11-24(14-15)19-21-10-12-26-19/h6-10,12,15H,4-5,11,13-14H2,1-3H3,(H2,22,23,25). The van der Waals surface area contributed by atoms with Gasteiger partial charge in [0.1, 0.15) is 0 Å².